The van der Waals surface area contributed by atoms with Gasteiger partial charge in [0.2, 0.25) is 0 Å². The number of nitro groups is 1. The predicted molar refractivity (Wildman–Crippen MR) is 86.4 cm³/mol. The molecule has 0 bridgehead atoms. The summed E-state index contributed by atoms with van der Waals surface area (Å²) in [5.74, 6) is 0.303. The topological polar surface area (TPSA) is 81.5 Å². The summed E-state index contributed by atoms with van der Waals surface area (Å²) in [4.78, 5) is 23.0. The van der Waals surface area contributed by atoms with E-state index in [2.05, 4.69) is 5.32 Å². The smallest absolute Gasteiger partial charge is 0.293 e. The molecule has 0 saturated carbocycles. The van der Waals surface area contributed by atoms with Gasteiger partial charge in [-0.2, -0.15) is 0 Å². The van der Waals surface area contributed by atoms with Crippen molar-refractivity contribution in [3.63, 3.8) is 0 Å². The molecule has 116 valence electrons. The highest BCUT2D eigenvalue weighted by Crippen LogP contribution is 2.28. The van der Waals surface area contributed by atoms with Crippen molar-refractivity contribution in [1.29, 1.82) is 0 Å². The minimum absolute atomic E-state index is 0.127. The molecule has 0 atom stereocenters. The van der Waals surface area contributed by atoms with Gasteiger partial charge in [-0.3, -0.25) is 14.9 Å². The van der Waals surface area contributed by atoms with E-state index >= 15 is 0 Å². The molecule has 1 N–H and O–H groups in total. The number of carbonyl (C=O) groups excluding carboxylic acids is 1. The number of aryl methyl sites for hydroxylation is 1. The highest BCUT2D eigenvalue weighted by molar-refractivity contribution is 6.08. The molecule has 6 heteroatoms. The number of fused-ring (bicyclic) bond motifs is 1. The van der Waals surface area contributed by atoms with Crippen molar-refractivity contribution in [2.75, 3.05) is 11.9 Å². The van der Waals surface area contributed by atoms with Crippen molar-refractivity contribution in [3.05, 3.63) is 69.3 Å². The number of carbonyl (C=O) groups is 1. The number of hydrogen-bond acceptors (Lipinski definition) is 4. The maximum absolute atomic E-state index is 12.4. The van der Waals surface area contributed by atoms with E-state index in [0.29, 0.717) is 11.3 Å². The Morgan fingerprint density at radius 1 is 1.26 bits per heavy atom. The Balaban J connectivity index is 1.86. The second-order valence-corrected chi connectivity index (χ2v) is 5.23. The quantitative estimate of drug-likeness (QED) is 0.696. The summed E-state index contributed by atoms with van der Waals surface area (Å²) >= 11 is 0. The van der Waals surface area contributed by atoms with Gasteiger partial charge in [-0.15, -0.1) is 0 Å². The molecule has 0 spiro atoms. The highest BCUT2D eigenvalue weighted by Gasteiger charge is 2.20. The second kappa shape index (κ2) is 5.92. The number of amides is 1. The van der Waals surface area contributed by atoms with Crippen LogP contribution in [0.1, 0.15) is 11.1 Å². The van der Waals surface area contributed by atoms with E-state index in [0.717, 1.165) is 11.1 Å². The zero-order valence-corrected chi connectivity index (χ0v) is 12.4. The lowest BCUT2D eigenvalue weighted by atomic mass is 10.1. The van der Waals surface area contributed by atoms with E-state index in [4.69, 9.17) is 4.74 Å². The molecule has 6 nitrogen and oxygen atoms in total. The van der Waals surface area contributed by atoms with Crippen LogP contribution in [-0.4, -0.2) is 17.4 Å². The Kier molecular flexibility index (Phi) is 3.80. The molecule has 3 rings (SSSR count). The summed E-state index contributed by atoms with van der Waals surface area (Å²) in [5.41, 5.74) is 2.02. The van der Waals surface area contributed by atoms with E-state index in [-0.39, 0.29) is 18.0 Å². The average Bonchev–Trinajstić information content (AvgIpc) is 2.55. The third-order valence-corrected chi connectivity index (χ3v) is 3.52. The molecule has 1 aliphatic heterocycles. The molecule has 0 aliphatic carbocycles. The van der Waals surface area contributed by atoms with Crippen LogP contribution in [0.25, 0.3) is 6.08 Å². The first-order valence-corrected chi connectivity index (χ1v) is 7.03. The molecule has 0 saturated heterocycles. The standard InChI is InChI=1S/C17H14N2O4/c1-11-6-7-14(15(8-11)19(21)22)18-17(20)13-9-12-4-2-3-5-16(12)23-10-13/h2-9H,10H2,1H3,(H,18,20). The second-order valence-electron chi connectivity index (χ2n) is 5.23. The fraction of sp³-hybridized carbons (Fsp3) is 0.118. The predicted octanol–water partition coefficient (Wildman–Crippen LogP) is 3.32. The van der Waals surface area contributed by atoms with Crippen molar-refractivity contribution >= 4 is 23.4 Å². The molecule has 0 fully saturated rings. The lowest BCUT2D eigenvalue weighted by Crippen LogP contribution is -2.21. The lowest BCUT2D eigenvalue weighted by Gasteiger charge is -2.17. The molecule has 1 amide bonds. The minimum Gasteiger partial charge on any atom is -0.488 e. The van der Waals surface area contributed by atoms with E-state index in [1.165, 1.54) is 12.1 Å². The summed E-state index contributed by atoms with van der Waals surface area (Å²) in [5, 5.41) is 13.7. The molecule has 2 aromatic carbocycles. The van der Waals surface area contributed by atoms with Crippen LogP contribution in [-0.2, 0) is 4.79 Å². The first-order valence-electron chi connectivity index (χ1n) is 7.03. The van der Waals surface area contributed by atoms with Gasteiger partial charge in [0.1, 0.15) is 18.0 Å². The van der Waals surface area contributed by atoms with Gasteiger partial charge in [0.05, 0.1) is 10.5 Å². The number of hydrogen-bond donors (Lipinski definition) is 1. The maximum atomic E-state index is 12.4. The summed E-state index contributed by atoms with van der Waals surface area (Å²) in [6, 6.07) is 12.0. The minimum atomic E-state index is -0.510. The van der Waals surface area contributed by atoms with Gasteiger partial charge in [-0.1, -0.05) is 24.3 Å². The Bertz CT molecular complexity index is 827. The third-order valence-electron chi connectivity index (χ3n) is 3.52. The van der Waals surface area contributed by atoms with E-state index in [9.17, 15) is 14.9 Å². The first-order chi connectivity index (χ1) is 11.0. The van der Waals surface area contributed by atoms with Crippen LogP contribution >= 0.6 is 0 Å². The van der Waals surface area contributed by atoms with E-state index in [1.54, 1.807) is 19.1 Å². The number of nitro benzene ring substituents is 1. The molecule has 2 aromatic rings. The molecule has 1 aliphatic rings. The number of benzene rings is 2. The first kappa shape index (κ1) is 14.8. The van der Waals surface area contributed by atoms with Gasteiger partial charge in [-0.25, -0.2) is 0 Å². The SMILES string of the molecule is Cc1ccc(NC(=O)C2=Cc3ccccc3OC2)c([N+](=O)[O-])c1. The van der Waals surface area contributed by atoms with Crippen LogP contribution in [0.5, 0.6) is 5.75 Å². The Labute approximate surface area is 132 Å². The molecule has 0 radical (unpaired) electrons. The van der Waals surface area contributed by atoms with Crippen LogP contribution in [0.3, 0.4) is 0 Å². The number of rotatable bonds is 3. The van der Waals surface area contributed by atoms with Crippen LogP contribution < -0.4 is 10.1 Å². The number of nitrogens with zero attached hydrogens (tertiary/aromatic N) is 1. The summed E-state index contributed by atoms with van der Waals surface area (Å²) < 4.78 is 5.53. The van der Waals surface area contributed by atoms with Crippen molar-refractivity contribution in [1.82, 2.24) is 0 Å². The van der Waals surface area contributed by atoms with Gasteiger partial charge >= 0.3 is 0 Å². The molecular weight excluding hydrogens is 296 g/mol. The largest absolute Gasteiger partial charge is 0.488 e. The van der Waals surface area contributed by atoms with Crippen LogP contribution in [0.15, 0.2) is 48.0 Å². The lowest BCUT2D eigenvalue weighted by molar-refractivity contribution is -0.384. The van der Waals surface area contributed by atoms with Crippen molar-refractivity contribution < 1.29 is 14.5 Å². The van der Waals surface area contributed by atoms with Gasteiger partial charge in [0.25, 0.3) is 11.6 Å². The monoisotopic (exact) mass is 310 g/mol. The Morgan fingerprint density at radius 2 is 2.04 bits per heavy atom. The van der Waals surface area contributed by atoms with Gasteiger partial charge in [0.15, 0.2) is 0 Å². The van der Waals surface area contributed by atoms with Crippen LogP contribution in [0, 0.1) is 17.0 Å². The molecule has 0 aromatic heterocycles. The number of para-hydroxylation sites is 1. The van der Waals surface area contributed by atoms with E-state index < -0.39 is 10.8 Å². The van der Waals surface area contributed by atoms with Crippen molar-refractivity contribution in [2.24, 2.45) is 0 Å². The Morgan fingerprint density at radius 3 is 2.83 bits per heavy atom. The maximum Gasteiger partial charge on any atom is 0.293 e. The molecule has 1 heterocycles. The van der Waals surface area contributed by atoms with Gasteiger partial charge < -0.3 is 10.1 Å². The van der Waals surface area contributed by atoms with Gasteiger partial charge in [0, 0.05) is 11.6 Å². The van der Waals surface area contributed by atoms with Crippen LogP contribution in [0.4, 0.5) is 11.4 Å². The molecule has 23 heavy (non-hydrogen) atoms. The summed E-state index contributed by atoms with van der Waals surface area (Å²) in [6.07, 6.45) is 1.73. The molecular formula is C17H14N2O4. The fourth-order valence-electron chi connectivity index (χ4n) is 2.35. The fourth-order valence-corrected chi connectivity index (χ4v) is 2.35. The van der Waals surface area contributed by atoms with Gasteiger partial charge in [-0.05, 0) is 30.7 Å². The number of ether oxygens (including phenoxy) is 1. The summed E-state index contributed by atoms with van der Waals surface area (Å²) in [6.45, 7) is 1.88. The zero-order chi connectivity index (χ0) is 16.4. The van der Waals surface area contributed by atoms with Crippen molar-refractivity contribution in [2.45, 2.75) is 6.92 Å². The number of nitrogens with one attached hydrogen (secondary N) is 1. The average molecular weight is 310 g/mol. The third kappa shape index (κ3) is 3.06. The zero-order valence-electron chi connectivity index (χ0n) is 12.4. The number of anilines is 1. The van der Waals surface area contributed by atoms with E-state index in [1.807, 2.05) is 24.3 Å². The normalized spacial score (nSPS) is 12.7. The van der Waals surface area contributed by atoms with Crippen molar-refractivity contribution in [3.8, 4) is 5.75 Å². The summed E-state index contributed by atoms with van der Waals surface area (Å²) in [7, 11) is 0. The van der Waals surface area contributed by atoms with Crippen LogP contribution in [0.2, 0.25) is 0 Å². The molecule has 0 unspecified atom stereocenters. The highest BCUT2D eigenvalue weighted by atomic mass is 16.6. The Hall–Kier alpha value is -3.15.